The van der Waals surface area contributed by atoms with Gasteiger partial charge in [0.25, 0.3) is 0 Å². The summed E-state index contributed by atoms with van der Waals surface area (Å²) in [7, 11) is 0. The van der Waals surface area contributed by atoms with Crippen molar-refractivity contribution in [2.45, 2.75) is 19.4 Å². The van der Waals surface area contributed by atoms with Crippen LogP contribution in [-0.2, 0) is 0 Å². The van der Waals surface area contributed by atoms with Gasteiger partial charge in [0.2, 0.25) is 0 Å². The summed E-state index contributed by atoms with van der Waals surface area (Å²) in [5.74, 6) is 0. The fraction of sp³-hybridized carbons (Fsp3) is 0.545. The van der Waals surface area contributed by atoms with Gasteiger partial charge < -0.3 is 10.2 Å². The Morgan fingerprint density at radius 2 is 2.33 bits per heavy atom. The lowest BCUT2D eigenvalue weighted by Gasteiger charge is -2.44. The molecule has 0 atom stereocenters. The largest absolute Gasteiger partial charge is 0.363 e. The van der Waals surface area contributed by atoms with E-state index >= 15 is 0 Å². The van der Waals surface area contributed by atoms with E-state index in [0.717, 1.165) is 30.3 Å². The van der Waals surface area contributed by atoms with Crippen LogP contribution in [0.1, 0.15) is 13.8 Å². The van der Waals surface area contributed by atoms with Crippen molar-refractivity contribution in [1.29, 1.82) is 0 Å². The van der Waals surface area contributed by atoms with Crippen molar-refractivity contribution in [3.8, 4) is 0 Å². The molecule has 2 heterocycles. The number of aromatic nitrogens is 1. The zero-order valence-corrected chi connectivity index (χ0v) is 9.88. The van der Waals surface area contributed by atoms with Gasteiger partial charge in [0.1, 0.15) is 0 Å². The van der Waals surface area contributed by atoms with Crippen molar-refractivity contribution in [2.75, 3.05) is 24.5 Å². The lowest BCUT2D eigenvalue weighted by Crippen LogP contribution is -2.58. The van der Waals surface area contributed by atoms with E-state index < -0.39 is 0 Å². The summed E-state index contributed by atoms with van der Waals surface area (Å²) in [6.45, 7) is 7.40. The molecule has 82 valence electrons. The van der Waals surface area contributed by atoms with Crippen molar-refractivity contribution in [2.24, 2.45) is 0 Å². The van der Waals surface area contributed by atoms with Crippen molar-refractivity contribution in [3.05, 3.63) is 23.5 Å². The van der Waals surface area contributed by atoms with Crippen LogP contribution in [0.5, 0.6) is 0 Å². The molecule has 0 saturated carbocycles. The van der Waals surface area contributed by atoms with Crippen molar-refractivity contribution >= 4 is 17.3 Å². The highest BCUT2D eigenvalue weighted by atomic mass is 35.5. The summed E-state index contributed by atoms with van der Waals surface area (Å²) in [6.07, 6.45) is 3.49. The van der Waals surface area contributed by atoms with E-state index in [1.54, 1.807) is 12.4 Å². The van der Waals surface area contributed by atoms with Crippen LogP contribution in [0, 0.1) is 0 Å². The molecule has 1 N–H and O–H groups in total. The number of halogens is 1. The van der Waals surface area contributed by atoms with E-state index in [1.165, 1.54) is 0 Å². The molecule has 1 saturated heterocycles. The van der Waals surface area contributed by atoms with Gasteiger partial charge in [-0.25, -0.2) is 0 Å². The summed E-state index contributed by atoms with van der Waals surface area (Å²) in [4.78, 5) is 6.35. The molecule has 0 unspecified atom stereocenters. The highest BCUT2D eigenvalue weighted by Gasteiger charge is 2.30. The van der Waals surface area contributed by atoms with Gasteiger partial charge in [-0.05, 0) is 19.9 Å². The molecule has 0 radical (unpaired) electrons. The predicted molar refractivity (Wildman–Crippen MR) is 63.5 cm³/mol. The van der Waals surface area contributed by atoms with Crippen molar-refractivity contribution in [1.82, 2.24) is 10.3 Å². The molecule has 0 spiro atoms. The normalized spacial score (nSPS) is 20.3. The Balaban J connectivity index is 2.33. The molecule has 0 amide bonds. The van der Waals surface area contributed by atoms with E-state index in [2.05, 4.69) is 29.0 Å². The third kappa shape index (κ3) is 2.08. The molecule has 15 heavy (non-hydrogen) atoms. The number of piperazine rings is 1. The molecular formula is C11H16ClN3. The van der Waals surface area contributed by atoms with Crippen LogP contribution in [0.3, 0.4) is 0 Å². The predicted octanol–water partition coefficient (Wildman–Crippen LogP) is 1.92. The Kier molecular flexibility index (Phi) is 2.85. The second kappa shape index (κ2) is 3.99. The van der Waals surface area contributed by atoms with Gasteiger partial charge >= 0.3 is 0 Å². The molecule has 1 aromatic heterocycles. The van der Waals surface area contributed by atoms with E-state index in [1.807, 2.05) is 6.07 Å². The molecular weight excluding hydrogens is 210 g/mol. The zero-order chi connectivity index (χ0) is 10.9. The third-order valence-corrected chi connectivity index (χ3v) is 3.13. The number of nitrogens with zero attached hydrogens (tertiary/aromatic N) is 2. The highest BCUT2D eigenvalue weighted by Crippen LogP contribution is 2.30. The SMILES string of the molecule is CC1(C)CNCCN1c1ccncc1Cl. The maximum Gasteiger partial charge on any atom is 0.0822 e. The monoisotopic (exact) mass is 225 g/mol. The molecule has 0 aromatic carbocycles. The molecule has 0 aliphatic carbocycles. The van der Waals surface area contributed by atoms with Crippen molar-refractivity contribution < 1.29 is 0 Å². The number of anilines is 1. The van der Waals surface area contributed by atoms with E-state index in [0.29, 0.717) is 0 Å². The van der Waals surface area contributed by atoms with Crippen molar-refractivity contribution in [3.63, 3.8) is 0 Å². The van der Waals surface area contributed by atoms with Crippen LogP contribution in [0.2, 0.25) is 5.02 Å². The van der Waals surface area contributed by atoms with Gasteiger partial charge in [-0.3, -0.25) is 4.98 Å². The molecule has 3 nitrogen and oxygen atoms in total. The Bertz CT molecular complexity index is 351. The molecule has 1 aliphatic heterocycles. The Morgan fingerprint density at radius 1 is 1.53 bits per heavy atom. The van der Waals surface area contributed by atoms with Gasteiger partial charge in [-0.1, -0.05) is 11.6 Å². The average Bonchev–Trinajstić information content (AvgIpc) is 2.19. The fourth-order valence-electron chi connectivity index (χ4n) is 2.02. The first-order valence-electron chi connectivity index (χ1n) is 5.19. The number of rotatable bonds is 1. The van der Waals surface area contributed by atoms with Crippen LogP contribution in [0.4, 0.5) is 5.69 Å². The van der Waals surface area contributed by atoms with E-state index in [-0.39, 0.29) is 5.54 Å². The third-order valence-electron chi connectivity index (χ3n) is 2.84. The minimum atomic E-state index is 0.100. The van der Waals surface area contributed by atoms with Crippen LogP contribution in [0.15, 0.2) is 18.5 Å². The maximum absolute atomic E-state index is 6.16. The van der Waals surface area contributed by atoms with Gasteiger partial charge in [0, 0.05) is 37.6 Å². The molecule has 1 aliphatic rings. The first-order chi connectivity index (χ1) is 7.11. The van der Waals surface area contributed by atoms with E-state index in [4.69, 9.17) is 11.6 Å². The molecule has 0 bridgehead atoms. The van der Waals surface area contributed by atoms with Crippen LogP contribution < -0.4 is 10.2 Å². The Labute approximate surface area is 95.4 Å². The minimum absolute atomic E-state index is 0.100. The summed E-state index contributed by atoms with van der Waals surface area (Å²) in [5, 5.41) is 4.12. The summed E-state index contributed by atoms with van der Waals surface area (Å²) in [6, 6.07) is 1.98. The average molecular weight is 226 g/mol. The summed E-state index contributed by atoms with van der Waals surface area (Å²) in [5.41, 5.74) is 1.18. The maximum atomic E-state index is 6.16. The topological polar surface area (TPSA) is 28.2 Å². The molecule has 1 fully saturated rings. The number of pyridine rings is 1. The second-order valence-electron chi connectivity index (χ2n) is 4.47. The van der Waals surface area contributed by atoms with Crippen LogP contribution >= 0.6 is 11.6 Å². The summed E-state index contributed by atoms with van der Waals surface area (Å²) < 4.78 is 0. The Hall–Kier alpha value is -0.800. The number of hydrogen-bond acceptors (Lipinski definition) is 3. The Morgan fingerprint density at radius 3 is 3.00 bits per heavy atom. The van der Waals surface area contributed by atoms with Crippen LogP contribution in [0.25, 0.3) is 0 Å². The lowest BCUT2D eigenvalue weighted by molar-refractivity contribution is 0.380. The molecule has 4 heteroatoms. The number of nitrogens with one attached hydrogen (secondary N) is 1. The second-order valence-corrected chi connectivity index (χ2v) is 4.88. The molecule has 2 rings (SSSR count). The smallest absolute Gasteiger partial charge is 0.0822 e. The van der Waals surface area contributed by atoms with Gasteiger partial charge in [-0.15, -0.1) is 0 Å². The minimum Gasteiger partial charge on any atom is -0.363 e. The van der Waals surface area contributed by atoms with E-state index in [9.17, 15) is 0 Å². The quantitative estimate of drug-likeness (QED) is 0.792. The first-order valence-corrected chi connectivity index (χ1v) is 5.57. The first kappa shape index (κ1) is 10.7. The standard InChI is InChI=1S/C11H16ClN3/c1-11(2)8-14-5-6-15(11)10-3-4-13-7-9(10)12/h3-4,7,14H,5-6,8H2,1-2H3. The fourth-order valence-corrected chi connectivity index (χ4v) is 2.24. The summed E-state index contributed by atoms with van der Waals surface area (Å²) >= 11 is 6.16. The van der Waals surface area contributed by atoms with Gasteiger partial charge in [0.15, 0.2) is 0 Å². The highest BCUT2D eigenvalue weighted by molar-refractivity contribution is 6.33. The molecule has 1 aromatic rings. The zero-order valence-electron chi connectivity index (χ0n) is 9.13. The van der Waals surface area contributed by atoms with Crippen LogP contribution in [-0.4, -0.2) is 30.2 Å². The number of hydrogen-bond donors (Lipinski definition) is 1. The lowest BCUT2D eigenvalue weighted by atomic mass is 9.99. The van der Waals surface area contributed by atoms with Gasteiger partial charge in [0.05, 0.1) is 10.7 Å². The van der Waals surface area contributed by atoms with Gasteiger partial charge in [-0.2, -0.15) is 0 Å².